The van der Waals surface area contributed by atoms with E-state index in [-0.39, 0.29) is 17.4 Å². The number of hydrogen-bond acceptors (Lipinski definition) is 6. The number of rotatable bonds is 11. The number of ether oxygens (including phenoxy) is 2. The maximum absolute atomic E-state index is 13.6. The van der Waals surface area contributed by atoms with Crippen LogP contribution in [0.2, 0.25) is 0 Å². The Morgan fingerprint density at radius 2 is 1.51 bits per heavy atom. The van der Waals surface area contributed by atoms with Crippen LogP contribution in [0.5, 0.6) is 11.5 Å². The lowest BCUT2D eigenvalue weighted by molar-refractivity contribution is -0.114. The number of amides is 3. The third-order valence-corrected chi connectivity index (χ3v) is 7.79. The molecule has 5 aromatic carbocycles. The average molecular weight is 618 g/mol. The molecule has 0 aliphatic carbocycles. The number of hydrogen-bond donors (Lipinski definition) is 3. The normalized spacial score (nSPS) is 11.0. The Kier molecular flexibility index (Phi) is 10.1. The lowest BCUT2D eigenvalue weighted by Crippen LogP contribution is -2.30. The number of nitrogens with one attached hydrogen (secondary N) is 3. The van der Waals surface area contributed by atoms with Crippen LogP contribution in [0.3, 0.4) is 0 Å². The molecular weight excluding hydrogens is 586 g/mol. The van der Waals surface area contributed by atoms with Gasteiger partial charge in [-0.15, -0.1) is 11.8 Å². The van der Waals surface area contributed by atoms with Crippen molar-refractivity contribution in [3.63, 3.8) is 0 Å². The Bertz CT molecular complexity index is 1870. The van der Waals surface area contributed by atoms with Crippen LogP contribution in [0.15, 0.2) is 126 Å². The van der Waals surface area contributed by atoms with Gasteiger partial charge in [0.05, 0.1) is 20.0 Å². The molecule has 8 nitrogen and oxygen atoms in total. The van der Waals surface area contributed by atoms with Gasteiger partial charge in [-0.1, -0.05) is 60.7 Å². The number of carbonyl (C=O) groups is 3. The molecule has 5 rings (SSSR count). The summed E-state index contributed by atoms with van der Waals surface area (Å²) >= 11 is 1.35. The van der Waals surface area contributed by atoms with E-state index >= 15 is 0 Å². The third-order valence-electron chi connectivity index (χ3n) is 6.79. The number of benzene rings is 5. The van der Waals surface area contributed by atoms with Gasteiger partial charge in [-0.05, 0) is 60.0 Å². The first-order valence-electron chi connectivity index (χ1n) is 14.1. The SMILES string of the molecule is COc1ccc(/C=C(/NC(=O)c2ccccc2)C(=O)Nc2cccc(SCC(=O)Nc3cccc4ccccc34)c2)c(OC)c1. The van der Waals surface area contributed by atoms with Gasteiger partial charge < -0.3 is 25.4 Å². The van der Waals surface area contributed by atoms with Crippen LogP contribution in [0.25, 0.3) is 16.8 Å². The summed E-state index contributed by atoms with van der Waals surface area (Å²) in [7, 11) is 3.06. The maximum Gasteiger partial charge on any atom is 0.272 e. The van der Waals surface area contributed by atoms with Crippen molar-refractivity contribution in [2.75, 3.05) is 30.6 Å². The number of thioether (sulfide) groups is 1. The Labute approximate surface area is 265 Å². The lowest BCUT2D eigenvalue weighted by atomic mass is 10.1. The van der Waals surface area contributed by atoms with Crippen LogP contribution in [0.4, 0.5) is 11.4 Å². The molecular formula is C36H31N3O5S. The van der Waals surface area contributed by atoms with Crippen molar-refractivity contribution < 1.29 is 23.9 Å². The molecule has 0 aliphatic heterocycles. The minimum atomic E-state index is -0.534. The molecule has 0 radical (unpaired) electrons. The van der Waals surface area contributed by atoms with Crippen LogP contribution in [-0.2, 0) is 9.59 Å². The smallest absolute Gasteiger partial charge is 0.272 e. The molecule has 0 fully saturated rings. The molecule has 3 amide bonds. The Morgan fingerprint density at radius 3 is 2.31 bits per heavy atom. The second-order valence-corrected chi connectivity index (χ2v) is 10.9. The van der Waals surface area contributed by atoms with Crippen LogP contribution in [-0.4, -0.2) is 37.7 Å². The number of carbonyl (C=O) groups excluding carboxylic acids is 3. The van der Waals surface area contributed by atoms with Crippen LogP contribution in [0.1, 0.15) is 15.9 Å². The molecule has 0 saturated carbocycles. The largest absolute Gasteiger partial charge is 0.497 e. The summed E-state index contributed by atoms with van der Waals surface area (Å²) in [5.41, 5.74) is 2.24. The van der Waals surface area contributed by atoms with E-state index in [2.05, 4.69) is 16.0 Å². The first-order chi connectivity index (χ1) is 21.9. The third kappa shape index (κ3) is 8.10. The number of methoxy groups -OCH3 is 2. The van der Waals surface area contributed by atoms with Gasteiger partial charge in [-0.2, -0.15) is 0 Å². The zero-order chi connectivity index (χ0) is 31.6. The van der Waals surface area contributed by atoms with Crippen LogP contribution >= 0.6 is 11.8 Å². The van der Waals surface area contributed by atoms with E-state index in [1.54, 1.807) is 79.9 Å². The van der Waals surface area contributed by atoms with Gasteiger partial charge in [0, 0.05) is 38.8 Å². The minimum Gasteiger partial charge on any atom is -0.497 e. The molecule has 0 saturated heterocycles. The van der Waals surface area contributed by atoms with E-state index in [4.69, 9.17) is 9.47 Å². The van der Waals surface area contributed by atoms with E-state index in [9.17, 15) is 14.4 Å². The van der Waals surface area contributed by atoms with E-state index in [0.717, 1.165) is 21.4 Å². The summed E-state index contributed by atoms with van der Waals surface area (Å²) in [6.45, 7) is 0. The highest BCUT2D eigenvalue weighted by Crippen LogP contribution is 2.28. The molecule has 0 spiro atoms. The monoisotopic (exact) mass is 617 g/mol. The quantitative estimate of drug-likeness (QED) is 0.109. The van der Waals surface area contributed by atoms with Crippen LogP contribution in [0, 0.1) is 0 Å². The van der Waals surface area contributed by atoms with E-state index in [0.29, 0.717) is 28.3 Å². The predicted molar refractivity (Wildman–Crippen MR) is 180 cm³/mol. The molecule has 45 heavy (non-hydrogen) atoms. The molecule has 0 heterocycles. The summed E-state index contributed by atoms with van der Waals surface area (Å²) in [4.78, 5) is 40.2. The molecule has 0 unspecified atom stereocenters. The van der Waals surface area contributed by atoms with Gasteiger partial charge in [-0.3, -0.25) is 14.4 Å². The highest BCUT2D eigenvalue weighted by molar-refractivity contribution is 8.00. The van der Waals surface area contributed by atoms with Crippen molar-refractivity contribution in [2.45, 2.75) is 4.90 Å². The highest BCUT2D eigenvalue weighted by atomic mass is 32.2. The standard InChI is InChI=1S/C36H31N3O5S/c1-43-28-19-18-26(33(22-28)44-2)20-32(39-35(41)25-11-4-3-5-12-25)36(42)37-27-14-9-15-29(21-27)45-23-34(40)38-31-17-8-13-24-10-6-7-16-30(24)31/h3-22H,23H2,1-2H3,(H,37,42)(H,38,40)(H,39,41)/b32-20+. The van der Waals surface area contributed by atoms with Crippen molar-refractivity contribution in [3.05, 3.63) is 132 Å². The zero-order valence-corrected chi connectivity index (χ0v) is 25.5. The fourth-order valence-corrected chi connectivity index (χ4v) is 5.32. The van der Waals surface area contributed by atoms with Gasteiger partial charge in [0.15, 0.2) is 0 Å². The average Bonchev–Trinajstić information content (AvgIpc) is 3.08. The van der Waals surface area contributed by atoms with E-state index < -0.39 is 11.8 Å². The summed E-state index contributed by atoms with van der Waals surface area (Å²) in [6.07, 6.45) is 1.55. The lowest BCUT2D eigenvalue weighted by Gasteiger charge is -2.13. The molecule has 9 heteroatoms. The molecule has 5 aromatic rings. The van der Waals surface area contributed by atoms with Crippen molar-refractivity contribution in [1.29, 1.82) is 0 Å². The predicted octanol–water partition coefficient (Wildman–Crippen LogP) is 7.00. The molecule has 0 aliphatic rings. The second kappa shape index (κ2) is 14.8. The van der Waals surface area contributed by atoms with Gasteiger partial charge in [-0.25, -0.2) is 0 Å². The summed E-state index contributed by atoms with van der Waals surface area (Å²) in [5.74, 6) is 0.111. The minimum absolute atomic E-state index is 0.0137. The molecule has 0 bridgehead atoms. The van der Waals surface area contributed by atoms with Gasteiger partial charge in [0.25, 0.3) is 11.8 Å². The van der Waals surface area contributed by atoms with Gasteiger partial charge >= 0.3 is 0 Å². The Morgan fingerprint density at radius 1 is 0.756 bits per heavy atom. The van der Waals surface area contributed by atoms with Crippen molar-refractivity contribution in [3.8, 4) is 11.5 Å². The maximum atomic E-state index is 13.6. The Hall–Kier alpha value is -5.54. The first-order valence-corrected chi connectivity index (χ1v) is 15.0. The van der Waals surface area contributed by atoms with Gasteiger partial charge in [0.2, 0.25) is 5.91 Å². The second-order valence-electron chi connectivity index (χ2n) is 9.83. The van der Waals surface area contributed by atoms with Crippen molar-refractivity contribution in [2.24, 2.45) is 0 Å². The highest BCUT2D eigenvalue weighted by Gasteiger charge is 2.17. The Balaban J connectivity index is 1.31. The fraction of sp³-hybridized carbons (Fsp3) is 0.0833. The van der Waals surface area contributed by atoms with Gasteiger partial charge in [0.1, 0.15) is 17.2 Å². The molecule has 3 N–H and O–H groups in total. The van der Waals surface area contributed by atoms with E-state index in [1.165, 1.54) is 18.9 Å². The van der Waals surface area contributed by atoms with Crippen LogP contribution < -0.4 is 25.4 Å². The molecule has 0 atom stereocenters. The number of fused-ring (bicyclic) bond motifs is 1. The summed E-state index contributed by atoms with van der Waals surface area (Å²) in [5, 5.41) is 10.6. The zero-order valence-electron chi connectivity index (χ0n) is 24.7. The fourth-order valence-electron chi connectivity index (χ4n) is 4.57. The summed E-state index contributed by atoms with van der Waals surface area (Å²) < 4.78 is 10.8. The van der Waals surface area contributed by atoms with Crippen molar-refractivity contribution >= 4 is 57.7 Å². The number of anilines is 2. The van der Waals surface area contributed by atoms with Crippen molar-refractivity contribution in [1.82, 2.24) is 5.32 Å². The topological polar surface area (TPSA) is 106 Å². The first kappa shape index (κ1) is 30.9. The van der Waals surface area contributed by atoms with E-state index in [1.807, 2.05) is 48.5 Å². The molecule has 0 aromatic heterocycles. The molecule has 226 valence electrons. The summed E-state index contributed by atoms with van der Waals surface area (Å²) in [6, 6.07) is 34.6.